The normalized spacial score (nSPS) is 18.3. The standard InChI is InChI=1S/C23H24FNO4/c1-23(2,3)29-22(28)25-18(13-17(14-26)21(25)27)12-15-8-10-16(11-9-15)19-6-4-5-7-20(19)24/h4-11,14,18,26H,12-13H2,1-3H3/b17-14-/t18-/m1/s1. The fraction of sp³-hybridized carbons (Fsp3) is 0.304. The highest BCUT2D eigenvalue weighted by atomic mass is 19.1. The molecule has 0 aliphatic carbocycles. The molecule has 0 spiro atoms. The Hall–Kier alpha value is -3.15. The first-order chi connectivity index (χ1) is 13.7. The van der Waals surface area contributed by atoms with Crippen molar-refractivity contribution < 1.29 is 23.8 Å². The van der Waals surface area contributed by atoms with Crippen LogP contribution < -0.4 is 0 Å². The van der Waals surface area contributed by atoms with Crippen LogP contribution in [-0.4, -0.2) is 33.6 Å². The molecule has 1 fully saturated rings. The monoisotopic (exact) mass is 397 g/mol. The Kier molecular flexibility index (Phi) is 5.73. The number of halogens is 1. The minimum atomic E-state index is -0.741. The maximum atomic E-state index is 14.0. The summed E-state index contributed by atoms with van der Waals surface area (Å²) in [5.74, 6) is -0.842. The van der Waals surface area contributed by atoms with E-state index in [0.29, 0.717) is 12.0 Å². The van der Waals surface area contributed by atoms with Gasteiger partial charge in [-0.1, -0.05) is 42.5 Å². The van der Waals surface area contributed by atoms with Gasteiger partial charge in [-0.05, 0) is 44.4 Å². The van der Waals surface area contributed by atoms with Gasteiger partial charge >= 0.3 is 6.09 Å². The van der Waals surface area contributed by atoms with Crippen LogP contribution in [0.5, 0.6) is 0 Å². The molecule has 0 radical (unpaired) electrons. The van der Waals surface area contributed by atoms with Crippen LogP contribution in [0.1, 0.15) is 32.8 Å². The number of hydrogen-bond donors (Lipinski definition) is 1. The average molecular weight is 397 g/mol. The van der Waals surface area contributed by atoms with E-state index < -0.39 is 23.6 Å². The maximum Gasteiger partial charge on any atom is 0.417 e. The van der Waals surface area contributed by atoms with Gasteiger partial charge in [-0.15, -0.1) is 0 Å². The number of benzene rings is 2. The number of aliphatic hydroxyl groups excluding tert-OH is 1. The van der Waals surface area contributed by atoms with Gasteiger partial charge in [0.1, 0.15) is 11.4 Å². The molecule has 3 rings (SSSR count). The van der Waals surface area contributed by atoms with Gasteiger partial charge in [0.25, 0.3) is 5.91 Å². The first-order valence-electron chi connectivity index (χ1n) is 9.43. The highest BCUT2D eigenvalue weighted by molar-refractivity contribution is 6.05. The van der Waals surface area contributed by atoms with Crippen molar-refractivity contribution in [2.24, 2.45) is 0 Å². The van der Waals surface area contributed by atoms with Crippen LogP contribution in [0.25, 0.3) is 11.1 Å². The van der Waals surface area contributed by atoms with Crippen LogP contribution in [-0.2, 0) is 16.0 Å². The zero-order valence-corrected chi connectivity index (χ0v) is 16.7. The quantitative estimate of drug-likeness (QED) is 0.584. The molecular weight excluding hydrogens is 373 g/mol. The average Bonchev–Trinajstić information content (AvgIpc) is 2.97. The van der Waals surface area contributed by atoms with Crippen LogP contribution in [0.2, 0.25) is 0 Å². The molecule has 2 aromatic carbocycles. The van der Waals surface area contributed by atoms with E-state index in [0.717, 1.165) is 22.3 Å². The molecule has 1 atom stereocenters. The van der Waals surface area contributed by atoms with Gasteiger partial charge in [0.2, 0.25) is 0 Å². The number of imide groups is 1. The van der Waals surface area contributed by atoms with Crippen molar-refractivity contribution in [1.29, 1.82) is 0 Å². The number of amides is 2. The van der Waals surface area contributed by atoms with Crippen LogP contribution in [0.3, 0.4) is 0 Å². The van der Waals surface area contributed by atoms with Gasteiger partial charge in [-0.3, -0.25) is 4.79 Å². The first kappa shape index (κ1) is 20.6. The van der Waals surface area contributed by atoms with Crippen LogP contribution >= 0.6 is 0 Å². The third-order valence-corrected chi connectivity index (χ3v) is 4.67. The fourth-order valence-electron chi connectivity index (χ4n) is 3.36. The SMILES string of the molecule is CC(C)(C)OC(=O)N1C(=O)/C(=C\O)C[C@H]1Cc1ccc(-c2ccccc2F)cc1. The molecule has 1 heterocycles. The summed E-state index contributed by atoms with van der Waals surface area (Å²) in [5.41, 5.74) is 1.57. The molecule has 0 unspecified atom stereocenters. The number of likely N-dealkylation sites (tertiary alicyclic amines) is 1. The molecule has 6 heteroatoms. The predicted molar refractivity (Wildman–Crippen MR) is 108 cm³/mol. The molecule has 1 aliphatic heterocycles. The molecule has 0 aromatic heterocycles. The van der Waals surface area contributed by atoms with E-state index in [4.69, 9.17) is 4.74 Å². The van der Waals surface area contributed by atoms with E-state index in [1.165, 1.54) is 6.07 Å². The minimum Gasteiger partial charge on any atom is -0.515 e. The number of carbonyl (C=O) groups excluding carboxylic acids is 2. The number of hydrogen-bond acceptors (Lipinski definition) is 4. The first-order valence-corrected chi connectivity index (χ1v) is 9.43. The minimum absolute atomic E-state index is 0.170. The molecule has 1 N–H and O–H groups in total. The Morgan fingerprint density at radius 2 is 1.86 bits per heavy atom. The molecule has 29 heavy (non-hydrogen) atoms. The summed E-state index contributed by atoms with van der Waals surface area (Å²) in [6.45, 7) is 5.18. The summed E-state index contributed by atoms with van der Waals surface area (Å²) in [6, 6.07) is 13.4. The maximum absolute atomic E-state index is 14.0. The van der Waals surface area contributed by atoms with Gasteiger partial charge in [0.05, 0.1) is 17.9 Å². The lowest BCUT2D eigenvalue weighted by molar-refractivity contribution is -0.125. The van der Waals surface area contributed by atoms with Crippen molar-refractivity contribution in [1.82, 2.24) is 4.90 Å². The van der Waals surface area contributed by atoms with Crippen molar-refractivity contribution >= 4 is 12.0 Å². The van der Waals surface area contributed by atoms with Crippen molar-refractivity contribution in [3.8, 4) is 11.1 Å². The molecule has 1 saturated heterocycles. The summed E-state index contributed by atoms with van der Waals surface area (Å²) in [6.07, 6.45) is 0.664. The van der Waals surface area contributed by atoms with Gasteiger partial charge in [0.15, 0.2) is 0 Å². The van der Waals surface area contributed by atoms with Crippen LogP contribution in [0, 0.1) is 5.82 Å². The molecular formula is C23H24FNO4. The molecule has 0 saturated carbocycles. The number of nitrogens with zero attached hydrogens (tertiary/aromatic N) is 1. The number of rotatable bonds is 3. The van der Waals surface area contributed by atoms with Gasteiger partial charge < -0.3 is 9.84 Å². The predicted octanol–water partition coefficient (Wildman–Crippen LogP) is 5.01. The van der Waals surface area contributed by atoms with Gasteiger partial charge in [-0.25, -0.2) is 14.1 Å². The van der Waals surface area contributed by atoms with E-state index in [9.17, 15) is 19.1 Å². The lowest BCUT2D eigenvalue weighted by Gasteiger charge is -2.27. The lowest BCUT2D eigenvalue weighted by atomic mass is 9.99. The Morgan fingerprint density at radius 3 is 2.45 bits per heavy atom. The third-order valence-electron chi connectivity index (χ3n) is 4.67. The molecule has 0 bridgehead atoms. The lowest BCUT2D eigenvalue weighted by Crippen LogP contribution is -2.43. The van der Waals surface area contributed by atoms with Crippen LogP contribution in [0.4, 0.5) is 9.18 Å². The summed E-state index contributed by atoms with van der Waals surface area (Å²) in [4.78, 5) is 26.1. The van der Waals surface area contributed by atoms with Crippen molar-refractivity contribution in [2.75, 3.05) is 0 Å². The molecule has 2 amide bonds. The van der Waals surface area contributed by atoms with Gasteiger partial charge in [-0.2, -0.15) is 0 Å². The van der Waals surface area contributed by atoms with Crippen molar-refractivity contribution in [3.05, 3.63) is 71.7 Å². The molecule has 5 nitrogen and oxygen atoms in total. The second kappa shape index (κ2) is 8.07. The highest BCUT2D eigenvalue weighted by Gasteiger charge is 2.41. The topological polar surface area (TPSA) is 66.8 Å². The fourth-order valence-corrected chi connectivity index (χ4v) is 3.36. The molecule has 1 aliphatic rings. The Bertz CT molecular complexity index is 944. The van der Waals surface area contributed by atoms with Gasteiger partial charge in [0, 0.05) is 12.0 Å². The summed E-state index contributed by atoms with van der Waals surface area (Å²) in [7, 11) is 0. The second-order valence-electron chi connectivity index (χ2n) is 8.05. The smallest absolute Gasteiger partial charge is 0.417 e. The van der Waals surface area contributed by atoms with E-state index in [-0.39, 0.29) is 17.8 Å². The Morgan fingerprint density at radius 1 is 1.21 bits per heavy atom. The number of carbonyl (C=O) groups is 2. The zero-order valence-electron chi connectivity index (χ0n) is 16.7. The largest absolute Gasteiger partial charge is 0.515 e. The summed E-state index contributed by atoms with van der Waals surface area (Å²) < 4.78 is 19.3. The van der Waals surface area contributed by atoms with E-state index >= 15 is 0 Å². The zero-order chi connectivity index (χ0) is 21.2. The van der Waals surface area contributed by atoms with E-state index in [1.807, 2.05) is 24.3 Å². The van der Waals surface area contributed by atoms with Crippen molar-refractivity contribution in [2.45, 2.75) is 45.3 Å². The summed E-state index contributed by atoms with van der Waals surface area (Å²) in [5, 5.41) is 9.34. The number of ether oxygens (including phenoxy) is 1. The Balaban J connectivity index is 1.81. The third kappa shape index (κ3) is 4.65. The molecule has 2 aromatic rings. The Labute approximate surface area is 169 Å². The highest BCUT2D eigenvalue weighted by Crippen LogP contribution is 2.29. The molecule has 152 valence electrons. The second-order valence-corrected chi connectivity index (χ2v) is 8.05. The van der Waals surface area contributed by atoms with Crippen molar-refractivity contribution in [3.63, 3.8) is 0 Å². The summed E-state index contributed by atoms with van der Waals surface area (Å²) >= 11 is 0. The number of aliphatic hydroxyl groups is 1. The van der Waals surface area contributed by atoms with E-state index in [2.05, 4.69) is 0 Å². The van der Waals surface area contributed by atoms with E-state index in [1.54, 1.807) is 39.0 Å². The van der Waals surface area contributed by atoms with Crippen LogP contribution in [0.15, 0.2) is 60.4 Å².